The number of nitrogens with two attached hydrogens (primary N) is 1. The zero-order chi connectivity index (χ0) is 12.5. The van der Waals surface area contributed by atoms with Gasteiger partial charge in [0.05, 0.1) is 10.7 Å². The van der Waals surface area contributed by atoms with Gasteiger partial charge in [-0.15, -0.1) is 11.3 Å². The molecule has 1 heterocycles. The fraction of sp³-hybridized carbons (Fsp3) is 0.100. The third-order valence-electron chi connectivity index (χ3n) is 1.98. The molecule has 7 heteroatoms. The van der Waals surface area contributed by atoms with Crippen molar-refractivity contribution >= 4 is 21.6 Å². The fourth-order valence-electron chi connectivity index (χ4n) is 1.31. The van der Waals surface area contributed by atoms with Gasteiger partial charge in [0, 0.05) is 10.9 Å². The van der Waals surface area contributed by atoms with Crippen LogP contribution in [0, 0.1) is 6.92 Å². The third kappa shape index (κ3) is 3.26. The largest absolute Gasteiger partial charge is 0.380 e. The molecule has 0 aliphatic rings. The number of aryl methyl sites for hydroxylation is 1. The molecule has 0 aliphatic carbocycles. The summed E-state index contributed by atoms with van der Waals surface area (Å²) >= 11 is 1.56. The van der Waals surface area contributed by atoms with E-state index in [2.05, 4.69) is 9.17 Å². The Hall–Kier alpha value is -1.44. The van der Waals surface area contributed by atoms with Crippen molar-refractivity contribution in [2.45, 2.75) is 6.92 Å². The summed E-state index contributed by atoms with van der Waals surface area (Å²) in [7, 11) is -3.96. The van der Waals surface area contributed by atoms with Gasteiger partial charge in [0.1, 0.15) is 5.75 Å². The van der Waals surface area contributed by atoms with E-state index in [4.69, 9.17) is 5.14 Å². The van der Waals surface area contributed by atoms with Gasteiger partial charge in [0.15, 0.2) is 0 Å². The highest BCUT2D eigenvalue weighted by Gasteiger charge is 2.06. The summed E-state index contributed by atoms with van der Waals surface area (Å²) in [6, 6.07) is 6.53. The lowest BCUT2D eigenvalue weighted by molar-refractivity contribution is 0.488. The van der Waals surface area contributed by atoms with Gasteiger partial charge in [-0.05, 0) is 31.2 Å². The lowest BCUT2D eigenvalue weighted by Crippen LogP contribution is -2.18. The number of rotatable bonds is 3. The van der Waals surface area contributed by atoms with E-state index in [1.54, 1.807) is 23.5 Å². The zero-order valence-corrected chi connectivity index (χ0v) is 10.6. The molecule has 17 heavy (non-hydrogen) atoms. The maximum Gasteiger partial charge on any atom is 0.380 e. The second-order valence-electron chi connectivity index (χ2n) is 3.35. The minimum absolute atomic E-state index is 0.184. The molecule has 0 amide bonds. The molecule has 1 aromatic heterocycles. The lowest BCUT2D eigenvalue weighted by atomic mass is 10.2. The van der Waals surface area contributed by atoms with Crippen LogP contribution in [0.5, 0.6) is 5.75 Å². The monoisotopic (exact) mass is 270 g/mol. The average Bonchev–Trinajstić information content (AvgIpc) is 2.63. The topological polar surface area (TPSA) is 82.3 Å². The second-order valence-corrected chi connectivity index (χ2v) is 5.57. The van der Waals surface area contributed by atoms with Crippen molar-refractivity contribution in [1.82, 2.24) is 4.98 Å². The van der Waals surface area contributed by atoms with E-state index in [0.29, 0.717) is 0 Å². The van der Waals surface area contributed by atoms with Crippen molar-refractivity contribution in [3.63, 3.8) is 0 Å². The summed E-state index contributed by atoms with van der Waals surface area (Å²) in [6.45, 7) is 1.92. The number of aromatic nitrogens is 1. The van der Waals surface area contributed by atoms with E-state index in [9.17, 15) is 8.42 Å². The normalized spacial score (nSPS) is 11.4. The molecule has 0 saturated carbocycles. The van der Waals surface area contributed by atoms with Crippen molar-refractivity contribution in [3.05, 3.63) is 34.7 Å². The second kappa shape index (κ2) is 4.44. The van der Waals surface area contributed by atoms with Gasteiger partial charge in [0.2, 0.25) is 0 Å². The van der Waals surface area contributed by atoms with Crippen LogP contribution in [-0.4, -0.2) is 13.4 Å². The van der Waals surface area contributed by atoms with E-state index in [1.165, 1.54) is 12.1 Å². The van der Waals surface area contributed by atoms with E-state index in [1.807, 2.05) is 12.3 Å². The van der Waals surface area contributed by atoms with E-state index in [0.717, 1.165) is 16.3 Å². The van der Waals surface area contributed by atoms with Crippen molar-refractivity contribution in [1.29, 1.82) is 0 Å². The molecule has 0 fully saturated rings. The number of hydrogen-bond donors (Lipinski definition) is 1. The van der Waals surface area contributed by atoms with Gasteiger partial charge in [0.25, 0.3) is 0 Å². The predicted molar refractivity (Wildman–Crippen MR) is 66.0 cm³/mol. The van der Waals surface area contributed by atoms with Gasteiger partial charge in [-0.25, -0.2) is 4.98 Å². The molecule has 0 atom stereocenters. The first-order valence-electron chi connectivity index (χ1n) is 4.69. The van der Waals surface area contributed by atoms with Crippen LogP contribution >= 0.6 is 11.3 Å². The number of hydrogen-bond acceptors (Lipinski definition) is 5. The zero-order valence-electron chi connectivity index (χ0n) is 8.95. The minimum atomic E-state index is -3.96. The van der Waals surface area contributed by atoms with Gasteiger partial charge in [-0.3, -0.25) is 0 Å². The maximum absolute atomic E-state index is 10.7. The van der Waals surface area contributed by atoms with Gasteiger partial charge < -0.3 is 4.18 Å². The number of nitrogens with zero attached hydrogens (tertiary/aromatic N) is 1. The number of benzene rings is 1. The molecule has 0 radical (unpaired) electrons. The Labute approximate surface area is 103 Å². The summed E-state index contributed by atoms with van der Waals surface area (Å²) < 4.78 is 25.9. The molecule has 0 saturated heterocycles. The Kier molecular flexibility index (Phi) is 3.14. The first kappa shape index (κ1) is 12.0. The average molecular weight is 270 g/mol. The van der Waals surface area contributed by atoms with Crippen molar-refractivity contribution in [3.8, 4) is 17.0 Å². The molecular weight excluding hydrogens is 260 g/mol. The summed E-state index contributed by atoms with van der Waals surface area (Å²) in [5.74, 6) is 0.184. The lowest BCUT2D eigenvalue weighted by Gasteiger charge is -2.02. The first-order chi connectivity index (χ1) is 7.94. The molecule has 0 bridgehead atoms. The van der Waals surface area contributed by atoms with E-state index >= 15 is 0 Å². The fourth-order valence-corrected chi connectivity index (χ4v) is 2.31. The highest BCUT2D eigenvalue weighted by molar-refractivity contribution is 7.84. The van der Waals surface area contributed by atoms with Crippen molar-refractivity contribution in [2.75, 3.05) is 0 Å². The highest BCUT2D eigenvalue weighted by Crippen LogP contribution is 2.24. The van der Waals surface area contributed by atoms with E-state index in [-0.39, 0.29) is 5.75 Å². The molecule has 2 aromatic rings. The van der Waals surface area contributed by atoms with Crippen LogP contribution in [0.1, 0.15) is 5.01 Å². The summed E-state index contributed by atoms with van der Waals surface area (Å²) in [5.41, 5.74) is 1.76. The Bertz CT molecular complexity index is 617. The van der Waals surface area contributed by atoms with Crippen LogP contribution in [-0.2, 0) is 10.3 Å². The molecule has 2 N–H and O–H groups in total. The molecule has 1 aromatic carbocycles. The van der Waals surface area contributed by atoms with Crippen LogP contribution in [0.4, 0.5) is 0 Å². The summed E-state index contributed by atoms with van der Waals surface area (Å²) in [6.07, 6.45) is 0. The van der Waals surface area contributed by atoms with Crippen LogP contribution < -0.4 is 9.32 Å². The quantitative estimate of drug-likeness (QED) is 0.920. The Morgan fingerprint density at radius 3 is 2.41 bits per heavy atom. The first-order valence-corrected chi connectivity index (χ1v) is 7.04. The minimum Gasteiger partial charge on any atom is -0.371 e. The van der Waals surface area contributed by atoms with Gasteiger partial charge >= 0.3 is 10.3 Å². The Morgan fingerprint density at radius 1 is 1.29 bits per heavy atom. The standard InChI is InChI=1S/C10H10N2O3S2/c1-7-12-10(6-16-7)8-2-4-9(5-3-8)15-17(11,13)14/h2-6H,1H3,(H2,11,13,14). The van der Waals surface area contributed by atoms with Crippen LogP contribution in [0.2, 0.25) is 0 Å². The molecule has 0 aliphatic heterocycles. The molecule has 0 unspecified atom stereocenters. The smallest absolute Gasteiger partial charge is 0.371 e. The molecule has 90 valence electrons. The van der Waals surface area contributed by atoms with Gasteiger partial charge in [-0.1, -0.05) is 0 Å². The predicted octanol–water partition coefficient (Wildman–Crippen LogP) is 1.70. The Morgan fingerprint density at radius 2 is 1.94 bits per heavy atom. The molecule has 5 nitrogen and oxygen atoms in total. The van der Waals surface area contributed by atoms with Crippen LogP contribution in [0.25, 0.3) is 11.3 Å². The summed E-state index contributed by atoms with van der Waals surface area (Å²) in [4.78, 5) is 4.32. The third-order valence-corrected chi connectivity index (χ3v) is 3.18. The number of thiazole rings is 1. The van der Waals surface area contributed by atoms with Crippen molar-refractivity contribution < 1.29 is 12.6 Å². The molecule has 2 rings (SSSR count). The van der Waals surface area contributed by atoms with Gasteiger partial charge in [-0.2, -0.15) is 13.6 Å². The summed E-state index contributed by atoms with van der Waals surface area (Å²) in [5, 5.41) is 7.67. The van der Waals surface area contributed by atoms with Crippen molar-refractivity contribution in [2.24, 2.45) is 5.14 Å². The highest BCUT2D eigenvalue weighted by atomic mass is 32.2. The van der Waals surface area contributed by atoms with Crippen LogP contribution in [0.3, 0.4) is 0 Å². The molecule has 0 spiro atoms. The van der Waals surface area contributed by atoms with Crippen LogP contribution in [0.15, 0.2) is 29.6 Å². The molecular formula is C10H10N2O3S2. The SMILES string of the molecule is Cc1nc(-c2ccc(OS(N)(=O)=O)cc2)cs1. The maximum atomic E-state index is 10.7. The Balaban J connectivity index is 2.24. The van der Waals surface area contributed by atoms with E-state index < -0.39 is 10.3 Å².